The molecule has 1 unspecified atom stereocenters. The van der Waals surface area contributed by atoms with Gasteiger partial charge in [0.05, 0.1) is 19.4 Å². The number of quaternary nitrogens is 1. The van der Waals surface area contributed by atoms with Gasteiger partial charge in [-0.1, -0.05) is 30.3 Å². The standard InChI is InChI=1S/C20H23N3O3/c1-2-10-21-19(24)20(25)22-13-17(18-8-5-12-26-18)23-11-9-15-6-3-4-7-16(15)14-23/h2-8,12,17H,1,9-11,13-14H2,(H,21,24)(H,22,25)/p+1/t17-/m1/s1. The fourth-order valence-electron chi connectivity index (χ4n) is 3.36. The fourth-order valence-corrected chi connectivity index (χ4v) is 3.36. The number of hydrogen-bond acceptors (Lipinski definition) is 3. The monoisotopic (exact) mass is 354 g/mol. The molecule has 0 spiro atoms. The number of furan rings is 1. The van der Waals surface area contributed by atoms with Gasteiger partial charge in [-0.15, -0.1) is 6.58 Å². The number of nitrogens with one attached hydrogen (secondary N) is 3. The second-order valence-electron chi connectivity index (χ2n) is 6.38. The highest BCUT2D eigenvalue weighted by molar-refractivity contribution is 6.35. The summed E-state index contributed by atoms with van der Waals surface area (Å²) in [4.78, 5) is 25.1. The van der Waals surface area contributed by atoms with Crippen molar-refractivity contribution < 1.29 is 18.9 Å². The number of carbonyl (C=O) groups excluding carboxylic acids is 2. The van der Waals surface area contributed by atoms with Crippen LogP contribution in [0.25, 0.3) is 0 Å². The molecule has 6 heteroatoms. The van der Waals surface area contributed by atoms with Gasteiger partial charge < -0.3 is 20.0 Å². The van der Waals surface area contributed by atoms with Gasteiger partial charge in [-0.3, -0.25) is 9.59 Å². The second-order valence-corrected chi connectivity index (χ2v) is 6.38. The molecule has 1 aliphatic rings. The van der Waals surface area contributed by atoms with Gasteiger partial charge in [0.15, 0.2) is 11.8 Å². The van der Waals surface area contributed by atoms with E-state index in [0.29, 0.717) is 6.54 Å². The summed E-state index contributed by atoms with van der Waals surface area (Å²) in [7, 11) is 0. The van der Waals surface area contributed by atoms with Crippen LogP contribution in [0.5, 0.6) is 0 Å². The van der Waals surface area contributed by atoms with E-state index in [1.165, 1.54) is 22.1 Å². The molecule has 26 heavy (non-hydrogen) atoms. The van der Waals surface area contributed by atoms with Gasteiger partial charge in [-0.05, 0) is 17.7 Å². The van der Waals surface area contributed by atoms with E-state index in [2.05, 4.69) is 41.5 Å². The molecule has 1 aliphatic heterocycles. The normalized spacial score (nSPS) is 17.0. The maximum Gasteiger partial charge on any atom is 0.309 e. The summed E-state index contributed by atoms with van der Waals surface area (Å²) >= 11 is 0. The quantitative estimate of drug-likeness (QED) is 0.519. The Hall–Kier alpha value is -2.86. The van der Waals surface area contributed by atoms with Crippen molar-refractivity contribution in [3.8, 4) is 0 Å². The van der Waals surface area contributed by atoms with E-state index in [-0.39, 0.29) is 12.6 Å². The van der Waals surface area contributed by atoms with Crippen LogP contribution in [-0.4, -0.2) is 31.4 Å². The minimum atomic E-state index is -0.651. The van der Waals surface area contributed by atoms with Gasteiger partial charge in [0.2, 0.25) is 0 Å². The first-order valence-corrected chi connectivity index (χ1v) is 8.80. The molecule has 2 aromatic rings. The van der Waals surface area contributed by atoms with Crippen molar-refractivity contribution in [3.05, 3.63) is 72.2 Å². The Labute approximate surface area is 152 Å². The average molecular weight is 354 g/mol. The van der Waals surface area contributed by atoms with Crippen molar-refractivity contribution in [2.75, 3.05) is 19.6 Å². The summed E-state index contributed by atoms with van der Waals surface area (Å²) < 4.78 is 5.61. The molecule has 0 fully saturated rings. The van der Waals surface area contributed by atoms with Gasteiger partial charge in [0.1, 0.15) is 6.54 Å². The molecule has 0 bridgehead atoms. The number of hydrogen-bond donors (Lipinski definition) is 3. The molecule has 6 nitrogen and oxygen atoms in total. The zero-order chi connectivity index (χ0) is 18.4. The van der Waals surface area contributed by atoms with Gasteiger partial charge >= 0.3 is 11.8 Å². The Morgan fingerprint density at radius 3 is 2.65 bits per heavy atom. The van der Waals surface area contributed by atoms with Crippen LogP contribution in [0.15, 0.2) is 59.7 Å². The lowest BCUT2D eigenvalue weighted by molar-refractivity contribution is -0.946. The number of rotatable bonds is 6. The highest BCUT2D eigenvalue weighted by atomic mass is 16.3. The lowest BCUT2D eigenvalue weighted by Crippen LogP contribution is -3.12. The molecule has 2 heterocycles. The third-order valence-corrected chi connectivity index (χ3v) is 4.71. The number of fused-ring (bicyclic) bond motifs is 1. The third-order valence-electron chi connectivity index (χ3n) is 4.71. The van der Waals surface area contributed by atoms with Crippen LogP contribution in [-0.2, 0) is 22.6 Å². The first-order valence-electron chi connectivity index (χ1n) is 8.80. The Morgan fingerprint density at radius 1 is 1.15 bits per heavy atom. The van der Waals surface area contributed by atoms with E-state index in [1.807, 2.05) is 12.1 Å². The van der Waals surface area contributed by atoms with Crippen LogP contribution in [0, 0.1) is 0 Å². The number of benzene rings is 1. The molecule has 3 rings (SSSR count). The largest absolute Gasteiger partial charge is 0.463 e. The molecule has 2 atom stereocenters. The minimum Gasteiger partial charge on any atom is -0.463 e. The Bertz CT molecular complexity index is 770. The van der Waals surface area contributed by atoms with Crippen molar-refractivity contribution in [1.29, 1.82) is 0 Å². The zero-order valence-corrected chi connectivity index (χ0v) is 14.7. The first-order chi connectivity index (χ1) is 12.7. The molecule has 136 valence electrons. The van der Waals surface area contributed by atoms with E-state index in [0.717, 1.165) is 25.3 Å². The van der Waals surface area contributed by atoms with Gasteiger partial charge in [-0.2, -0.15) is 0 Å². The Balaban J connectivity index is 1.68. The van der Waals surface area contributed by atoms with Crippen LogP contribution >= 0.6 is 0 Å². The first kappa shape index (κ1) is 17.9. The van der Waals surface area contributed by atoms with E-state index in [4.69, 9.17) is 4.42 Å². The maximum absolute atomic E-state index is 12.0. The van der Waals surface area contributed by atoms with E-state index >= 15 is 0 Å². The maximum atomic E-state index is 12.0. The SMILES string of the molecule is C=CCNC(=O)C(=O)NC[C@H](c1ccco1)[NH+]1CCc2ccccc2C1. The topological polar surface area (TPSA) is 75.8 Å². The van der Waals surface area contributed by atoms with Crippen LogP contribution in [0.1, 0.15) is 22.9 Å². The van der Waals surface area contributed by atoms with Gasteiger partial charge in [0.25, 0.3) is 0 Å². The summed E-state index contributed by atoms with van der Waals surface area (Å²) in [6, 6.07) is 12.1. The molecule has 1 aromatic carbocycles. The summed E-state index contributed by atoms with van der Waals surface area (Å²) in [6.07, 6.45) is 4.15. The van der Waals surface area contributed by atoms with Crippen LogP contribution < -0.4 is 15.5 Å². The van der Waals surface area contributed by atoms with E-state index in [1.54, 1.807) is 6.26 Å². The molecular weight excluding hydrogens is 330 g/mol. The molecule has 3 N–H and O–H groups in total. The molecule has 1 aromatic heterocycles. The van der Waals surface area contributed by atoms with Crippen molar-refractivity contribution in [2.24, 2.45) is 0 Å². The number of carbonyl (C=O) groups is 2. The average Bonchev–Trinajstić information content (AvgIpc) is 3.20. The predicted octanol–water partition coefficient (Wildman–Crippen LogP) is 0.380. The second kappa shape index (κ2) is 8.49. The lowest BCUT2D eigenvalue weighted by Gasteiger charge is -2.31. The third kappa shape index (κ3) is 4.21. The van der Waals surface area contributed by atoms with Gasteiger partial charge in [0, 0.05) is 18.5 Å². The molecule has 0 aliphatic carbocycles. The molecule has 0 radical (unpaired) electrons. The Morgan fingerprint density at radius 2 is 1.92 bits per heavy atom. The minimum absolute atomic E-state index is 0.0467. The van der Waals surface area contributed by atoms with E-state index in [9.17, 15) is 9.59 Å². The summed E-state index contributed by atoms with van der Waals surface area (Å²) in [5.41, 5.74) is 2.70. The molecule has 0 saturated carbocycles. The summed E-state index contributed by atoms with van der Waals surface area (Å²) in [5.74, 6) is -0.478. The van der Waals surface area contributed by atoms with Crippen molar-refractivity contribution in [1.82, 2.24) is 10.6 Å². The van der Waals surface area contributed by atoms with Gasteiger partial charge in [-0.25, -0.2) is 0 Å². The van der Waals surface area contributed by atoms with Crippen molar-refractivity contribution >= 4 is 11.8 Å². The molecule has 2 amide bonds. The lowest BCUT2D eigenvalue weighted by atomic mass is 9.98. The zero-order valence-electron chi connectivity index (χ0n) is 14.7. The van der Waals surface area contributed by atoms with E-state index < -0.39 is 11.8 Å². The summed E-state index contributed by atoms with van der Waals surface area (Å²) in [5, 5.41) is 5.22. The van der Waals surface area contributed by atoms with Crippen LogP contribution in [0.2, 0.25) is 0 Å². The smallest absolute Gasteiger partial charge is 0.309 e. The highest BCUT2D eigenvalue weighted by Crippen LogP contribution is 2.15. The number of amides is 2. The van der Waals surface area contributed by atoms with Crippen LogP contribution in [0.3, 0.4) is 0 Å². The highest BCUT2D eigenvalue weighted by Gasteiger charge is 2.31. The molecule has 0 saturated heterocycles. The van der Waals surface area contributed by atoms with Crippen molar-refractivity contribution in [3.63, 3.8) is 0 Å². The van der Waals surface area contributed by atoms with Crippen LogP contribution in [0.4, 0.5) is 0 Å². The fraction of sp³-hybridized carbons (Fsp3) is 0.300. The van der Waals surface area contributed by atoms with Crippen molar-refractivity contribution in [2.45, 2.75) is 19.0 Å². The summed E-state index contributed by atoms with van der Waals surface area (Å²) in [6.45, 7) is 5.93. The predicted molar refractivity (Wildman–Crippen MR) is 97.3 cm³/mol. The molecular formula is C20H24N3O3+. The Kier molecular flexibility index (Phi) is 5.86.